The molecule has 1 aliphatic carbocycles. The molecule has 1 aromatic heterocycles. The molecule has 4 rings (SSSR count). The zero-order valence-corrected chi connectivity index (χ0v) is 11.1. The molecule has 3 unspecified atom stereocenters. The van der Waals surface area contributed by atoms with Crippen LogP contribution in [-0.4, -0.2) is 34.0 Å². The van der Waals surface area contributed by atoms with E-state index in [0.29, 0.717) is 5.92 Å². The van der Waals surface area contributed by atoms with Crippen LogP contribution in [0.3, 0.4) is 0 Å². The predicted molar refractivity (Wildman–Crippen MR) is 74.0 cm³/mol. The van der Waals surface area contributed by atoms with E-state index in [9.17, 15) is 5.11 Å². The summed E-state index contributed by atoms with van der Waals surface area (Å²) in [6, 6.07) is 6.41. The molecule has 2 aliphatic rings. The number of aliphatic hydroxyl groups is 1. The minimum atomic E-state index is -0.619. The Hall–Kier alpha value is -1.39. The summed E-state index contributed by atoms with van der Waals surface area (Å²) in [5.41, 5.74) is 1.50. The number of hydrogen-bond donors (Lipinski definition) is 3. The van der Waals surface area contributed by atoms with Crippen LogP contribution < -0.4 is 5.32 Å². The quantitative estimate of drug-likeness (QED) is 0.726. The van der Waals surface area contributed by atoms with Crippen molar-refractivity contribution in [3.05, 3.63) is 30.0 Å². The summed E-state index contributed by atoms with van der Waals surface area (Å²) in [6.07, 6.45) is 3.99. The number of nitrogens with zero attached hydrogens (tertiary/aromatic N) is 1. The van der Waals surface area contributed by atoms with Gasteiger partial charge >= 0.3 is 0 Å². The molecule has 1 aliphatic heterocycles. The monoisotopic (exact) mass is 257 g/mol. The third-order valence-electron chi connectivity index (χ3n) is 5.50. The van der Waals surface area contributed by atoms with Crippen LogP contribution >= 0.6 is 0 Å². The van der Waals surface area contributed by atoms with Crippen molar-refractivity contribution in [3.63, 3.8) is 0 Å². The Kier molecular flexibility index (Phi) is 2.16. The van der Waals surface area contributed by atoms with E-state index in [1.54, 1.807) is 0 Å². The van der Waals surface area contributed by atoms with Crippen LogP contribution in [0.2, 0.25) is 0 Å². The molecule has 0 radical (unpaired) electrons. The Morgan fingerprint density at radius 1 is 1.42 bits per heavy atom. The maximum absolute atomic E-state index is 11.0. The molecular formula is C15H19N3O. The molecule has 100 valence electrons. The Morgan fingerprint density at radius 3 is 3.21 bits per heavy atom. The normalized spacial score (nSPS) is 37.9. The van der Waals surface area contributed by atoms with Crippen LogP contribution in [0.15, 0.2) is 24.4 Å². The molecule has 2 fully saturated rings. The van der Waals surface area contributed by atoms with Crippen molar-refractivity contribution >= 4 is 10.9 Å². The lowest BCUT2D eigenvalue weighted by molar-refractivity contribution is -0.0537. The summed E-state index contributed by atoms with van der Waals surface area (Å²) < 4.78 is 0. The fourth-order valence-electron chi connectivity index (χ4n) is 4.15. The summed E-state index contributed by atoms with van der Waals surface area (Å²) in [4.78, 5) is 0. The van der Waals surface area contributed by atoms with Gasteiger partial charge in [-0.2, -0.15) is 5.10 Å². The second kappa shape index (κ2) is 3.58. The van der Waals surface area contributed by atoms with Gasteiger partial charge in [-0.3, -0.25) is 5.10 Å². The molecule has 3 N–H and O–H groups in total. The Morgan fingerprint density at radius 2 is 2.32 bits per heavy atom. The lowest BCUT2D eigenvalue weighted by Gasteiger charge is -2.47. The van der Waals surface area contributed by atoms with Gasteiger partial charge in [0.25, 0.3) is 0 Å². The average molecular weight is 257 g/mol. The minimum Gasteiger partial charge on any atom is -0.389 e. The number of rotatable bonds is 1. The lowest BCUT2D eigenvalue weighted by atomic mass is 9.66. The van der Waals surface area contributed by atoms with Crippen molar-refractivity contribution in [3.8, 4) is 0 Å². The van der Waals surface area contributed by atoms with E-state index in [1.165, 1.54) is 5.56 Å². The largest absolute Gasteiger partial charge is 0.389 e. The molecule has 3 atom stereocenters. The number of aromatic amines is 1. The van der Waals surface area contributed by atoms with E-state index < -0.39 is 5.60 Å². The van der Waals surface area contributed by atoms with Crippen LogP contribution in [-0.2, 0) is 5.41 Å². The SMILES string of the molecule is CC1(O)C2CCC1(c1ccc3cn[nH]c3c1)CNC2. The molecule has 1 saturated heterocycles. The lowest BCUT2D eigenvalue weighted by Crippen LogP contribution is -2.60. The van der Waals surface area contributed by atoms with Gasteiger partial charge in [-0.15, -0.1) is 0 Å². The highest BCUT2D eigenvalue weighted by atomic mass is 16.3. The van der Waals surface area contributed by atoms with E-state index in [1.807, 2.05) is 13.1 Å². The fourth-order valence-corrected chi connectivity index (χ4v) is 4.15. The molecule has 1 saturated carbocycles. The van der Waals surface area contributed by atoms with Crippen molar-refractivity contribution in [2.24, 2.45) is 5.92 Å². The van der Waals surface area contributed by atoms with E-state index in [4.69, 9.17) is 0 Å². The van der Waals surface area contributed by atoms with Crippen molar-refractivity contribution in [2.45, 2.75) is 30.8 Å². The summed E-state index contributed by atoms with van der Waals surface area (Å²) in [7, 11) is 0. The summed E-state index contributed by atoms with van der Waals surface area (Å²) in [5, 5.41) is 22.8. The van der Waals surface area contributed by atoms with Crippen LogP contribution in [0, 0.1) is 5.92 Å². The Labute approximate surface area is 112 Å². The van der Waals surface area contributed by atoms with E-state index >= 15 is 0 Å². The van der Waals surface area contributed by atoms with E-state index in [0.717, 1.165) is 36.8 Å². The predicted octanol–water partition coefficient (Wildman–Crippen LogP) is 1.56. The van der Waals surface area contributed by atoms with Crippen molar-refractivity contribution < 1.29 is 5.11 Å². The van der Waals surface area contributed by atoms with Crippen LogP contribution in [0.25, 0.3) is 10.9 Å². The first kappa shape index (κ1) is 11.4. The second-order valence-corrected chi connectivity index (χ2v) is 6.27. The highest BCUT2D eigenvalue weighted by Gasteiger charge is 2.59. The molecule has 2 aromatic rings. The standard InChI is InChI=1S/C15H19N3O/c1-14(19)12-4-5-15(14,9-16-8-12)11-3-2-10-7-17-18-13(10)6-11/h2-3,6-7,12,16,19H,4-5,8-9H2,1H3,(H,17,18). The highest BCUT2D eigenvalue weighted by molar-refractivity contribution is 5.78. The number of hydrogen-bond acceptors (Lipinski definition) is 3. The molecule has 19 heavy (non-hydrogen) atoms. The molecular weight excluding hydrogens is 238 g/mol. The molecule has 2 bridgehead atoms. The van der Waals surface area contributed by atoms with Crippen molar-refractivity contribution in [1.29, 1.82) is 0 Å². The number of aromatic nitrogens is 2. The van der Waals surface area contributed by atoms with Gasteiger partial charge in [0.05, 0.1) is 17.3 Å². The zero-order valence-electron chi connectivity index (χ0n) is 11.1. The first-order valence-corrected chi connectivity index (χ1v) is 7.00. The number of fused-ring (bicyclic) bond motifs is 3. The zero-order chi connectivity index (χ0) is 13.1. The number of benzene rings is 1. The molecule has 1 aromatic carbocycles. The number of nitrogens with one attached hydrogen (secondary N) is 2. The van der Waals surface area contributed by atoms with Gasteiger partial charge in [0.1, 0.15) is 0 Å². The minimum absolute atomic E-state index is 0.158. The van der Waals surface area contributed by atoms with Gasteiger partial charge in [-0.1, -0.05) is 12.1 Å². The smallest absolute Gasteiger partial charge is 0.0768 e. The molecule has 4 heteroatoms. The summed E-state index contributed by atoms with van der Waals surface area (Å²) in [5.74, 6) is 0.360. The fraction of sp³-hybridized carbons (Fsp3) is 0.533. The maximum atomic E-state index is 11.0. The number of H-pyrrole nitrogens is 1. The average Bonchev–Trinajstić information content (AvgIpc) is 2.85. The van der Waals surface area contributed by atoms with E-state index in [2.05, 4.69) is 33.7 Å². The van der Waals surface area contributed by atoms with Crippen LogP contribution in [0.5, 0.6) is 0 Å². The maximum Gasteiger partial charge on any atom is 0.0768 e. The second-order valence-electron chi connectivity index (χ2n) is 6.27. The van der Waals surface area contributed by atoms with Gasteiger partial charge in [-0.25, -0.2) is 0 Å². The first-order chi connectivity index (χ1) is 9.13. The first-order valence-electron chi connectivity index (χ1n) is 7.00. The van der Waals surface area contributed by atoms with Gasteiger partial charge in [0, 0.05) is 29.8 Å². The third-order valence-corrected chi connectivity index (χ3v) is 5.50. The molecule has 2 heterocycles. The molecule has 0 amide bonds. The Bertz CT molecular complexity index is 629. The van der Waals surface area contributed by atoms with Crippen LogP contribution in [0.1, 0.15) is 25.3 Å². The van der Waals surface area contributed by atoms with Gasteiger partial charge in [0.2, 0.25) is 0 Å². The third kappa shape index (κ3) is 1.33. The number of piperidine rings is 1. The van der Waals surface area contributed by atoms with Crippen molar-refractivity contribution in [1.82, 2.24) is 15.5 Å². The van der Waals surface area contributed by atoms with Crippen LogP contribution in [0.4, 0.5) is 0 Å². The topological polar surface area (TPSA) is 60.9 Å². The highest BCUT2D eigenvalue weighted by Crippen LogP contribution is 2.53. The molecule has 0 spiro atoms. The van der Waals surface area contributed by atoms with Crippen molar-refractivity contribution in [2.75, 3.05) is 13.1 Å². The van der Waals surface area contributed by atoms with Gasteiger partial charge < -0.3 is 10.4 Å². The van der Waals surface area contributed by atoms with Gasteiger partial charge in [-0.05, 0) is 31.4 Å². The van der Waals surface area contributed by atoms with Gasteiger partial charge in [0.15, 0.2) is 0 Å². The Balaban J connectivity index is 1.89. The summed E-state index contributed by atoms with van der Waals surface area (Å²) in [6.45, 7) is 3.81. The summed E-state index contributed by atoms with van der Waals surface area (Å²) >= 11 is 0. The van der Waals surface area contributed by atoms with E-state index in [-0.39, 0.29) is 5.41 Å². The molecule has 4 nitrogen and oxygen atoms in total.